The second-order valence-electron chi connectivity index (χ2n) is 6.90. The first-order valence-electron chi connectivity index (χ1n) is 9.81. The highest BCUT2D eigenvalue weighted by molar-refractivity contribution is 7.13. The number of anilines is 1. The van der Waals surface area contributed by atoms with Crippen molar-refractivity contribution in [3.05, 3.63) is 93.8 Å². The highest BCUT2D eigenvalue weighted by atomic mass is 32.1. The second-order valence-corrected chi connectivity index (χ2v) is 7.97. The third-order valence-corrected chi connectivity index (χ3v) is 5.29. The molecule has 4 aromatic rings. The Bertz CT molecular complexity index is 1220. The van der Waals surface area contributed by atoms with Crippen molar-refractivity contribution in [2.75, 3.05) is 5.32 Å². The van der Waals surface area contributed by atoms with Crippen molar-refractivity contribution in [1.29, 1.82) is 0 Å². The molecule has 2 N–H and O–H groups in total. The Hall–Kier alpha value is -3.98. The van der Waals surface area contributed by atoms with Crippen LogP contribution in [-0.4, -0.2) is 22.0 Å². The summed E-state index contributed by atoms with van der Waals surface area (Å²) in [6.07, 6.45) is 1.55. The lowest BCUT2D eigenvalue weighted by Gasteiger charge is -2.07. The molecular formula is C23H20N4O4S. The largest absolute Gasteiger partial charge is 0.486 e. The van der Waals surface area contributed by atoms with E-state index in [4.69, 9.17) is 9.15 Å². The standard InChI is InChI=1S/C23H20N4O4S/c1-15-5-2-8-18(11-15)31-14-20-26-27-23(32-20)22(29)25-17-7-3-6-16(12-17)21(28)24-13-19-9-4-10-30-19/h2-12H,13-14H2,1H3,(H,24,28)(H,25,29). The summed E-state index contributed by atoms with van der Waals surface area (Å²) in [5, 5.41) is 14.3. The fourth-order valence-corrected chi connectivity index (χ4v) is 3.51. The number of hydrogen-bond donors (Lipinski definition) is 2. The van der Waals surface area contributed by atoms with E-state index in [2.05, 4.69) is 20.8 Å². The van der Waals surface area contributed by atoms with Crippen molar-refractivity contribution < 1.29 is 18.7 Å². The minimum absolute atomic E-state index is 0.209. The summed E-state index contributed by atoms with van der Waals surface area (Å²) in [5.41, 5.74) is 1.99. The molecule has 0 saturated carbocycles. The van der Waals surface area contributed by atoms with Gasteiger partial charge in [-0.05, 0) is 55.0 Å². The highest BCUT2D eigenvalue weighted by Crippen LogP contribution is 2.18. The Kier molecular flexibility index (Phi) is 6.57. The average molecular weight is 449 g/mol. The number of aryl methyl sites for hydroxylation is 1. The number of aromatic nitrogens is 2. The van der Waals surface area contributed by atoms with E-state index < -0.39 is 5.91 Å². The molecule has 0 bridgehead atoms. The lowest BCUT2D eigenvalue weighted by atomic mass is 10.2. The molecule has 9 heteroatoms. The van der Waals surface area contributed by atoms with E-state index in [1.165, 1.54) is 0 Å². The number of benzene rings is 2. The van der Waals surface area contributed by atoms with Gasteiger partial charge < -0.3 is 19.8 Å². The molecule has 32 heavy (non-hydrogen) atoms. The zero-order valence-electron chi connectivity index (χ0n) is 17.2. The van der Waals surface area contributed by atoms with Crippen molar-refractivity contribution in [3.63, 3.8) is 0 Å². The van der Waals surface area contributed by atoms with E-state index in [9.17, 15) is 9.59 Å². The first kappa shape index (κ1) is 21.3. The van der Waals surface area contributed by atoms with E-state index in [1.54, 1.807) is 42.7 Å². The van der Waals surface area contributed by atoms with E-state index >= 15 is 0 Å². The Morgan fingerprint density at radius 2 is 1.91 bits per heavy atom. The van der Waals surface area contributed by atoms with Crippen LogP contribution in [0.15, 0.2) is 71.3 Å². The number of rotatable bonds is 8. The SMILES string of the molecule is Cc1cccc(OCc2nnc(C(=O)Nc3cccc(C(=O)NCc4ccco4)c3)s2)c1. The molecule has 0 radical (unpaired) electrons. The van der Waals surface area contributed by atoms with E-state index in [0.717, 1.165) is 22.6 Å². The second kappa shape index (κ2) is 9.88. The number of amides is 2. The summed E-state index contributed by atoms with van der Waals surface area (Å²) < 4.78 is 10.9. The Morgan fingerprint density at radius 3 is 2.72 bits per heavy atom. The number of carbonyl (C=O) groups excluding carboxylic acids is 2. The third-order valence-electron chi connectivity index (χ3n) is 4.40. The van der Waals surface area contributed by atoms with Gasteiger partial charge in [-0.1, -0.05) is 29.5 Å². The molecule has 4 rings (SSSR count). The summed E-state index contributed by atoms with van der Waals surface area (Å²) in [6.45, 7) is 2.48. The van der Waals surface area contributed by atoms with Gasteiger partial charge in [0.05, 0.1) is 12.8 Å². The lowest BCUT2D eigenvalue weighted by Crippen LogP contribution is -2.22. The van der Waals surface area contributed by atoms with Crippen LogP contribution in [0.2, 0.25) is 0 Å². The van der Waals surface area contributed by atoms with E-state index in [0.29, 0.717) is 22.0 Å². The van der Waals surface area contributed by atoms with Crippen LogP contribution in [0.3, 0.4) is 0 Å². The number of carbonyl (C=O) groups is 2. The molecule has 0 saturated heterocycles. The number of ether oxygens (including phenoxy) is 1. The lowest BCUT2D eigenvalue weighted by molar-refractivity contribution is 0.0946. The van der Waals surface area contributed by atoms with Crippen LogP contribution < -0.4 is 15.4 Å². The quantitative estimate of drug-likeness (QED) is 0.418. The number of furan rings is 1. The summed E-state index contributed by atoms with van der Waals surface area (Å²) in [6, 6.07) is 17.9. The molecule has 0 aliphatic rings. The maximum atomic E-state index is 12.6. The van der Waals surface area contributed by atoms with Gasteiger partial charge in [0.2, 0.25) is 5.01 Å². The van der Waals surface area contributed by atoms with Crippen LogP contribution in [0.1, 0.15) is 36.5 Å². The fraction of sp³-hybridized carbons (Fsp3) is 0.130. The van der Waals surface area contributed by atoms with Crippen molar-refractivity contribution in [2.24, 2.45) is 0 Å². The molecular weight excluding hydrogens is 428 g/mol. The highest BCUT2D eigenvalue weighted by Gasteiger charge is 2.15. The van der Waals surface area contributed by atoms with Gasteiger partial charge in [0, 0.05) is 11.3 Å². The predicted molar refractivity (Wildman–Crippen MR) is 120 cm³/mol. The summed E-state index contributed by atoms with van der Waals surface area (Å²) in [5.74, 6) is 0.705. The number of nitrogens with zero attached hydrogens (tertiary/aromatic N) is 2. The number of hydrogen-bond acceptors (Lipinski definition) is 7. The zero-order chi connectivity index (χ0) is 22.3. The van der Waals surface area contributed by atoms with Gasteiger partial charge in [-0.25, -0.2) is 0 Å². The van der Waals surface area contributed by atoms with Gasteiger partial charge in [0.1, 0.15) is 18.1 Å². The van der Waals surface area contributed by atoms with E-state index in [-0.39, 0.29) is 24.1 Å². The molecule has 162 valence electrons. The fourth-order valence-electron chi connectivity index (χ4n) is 2.86. The summed E-state index contributed by atoms with van der Waals surface area (Å²) >= 11 is 1.15. The maximum absolute atomic E-state index is 12.6. The Balaban J connectivity index is 1.33. The third kappa shape index (κ3) is 5.58. The molecule has 2 aromatic heterocycles. The first-order valence-corrected chi connectivity index (χ1v) is 10.6. The van der Waals surface area contributed by atoms with E-state index in [1.807, 2.05) is 31.2 Å². The summed E-state index contributed by atoms with van der Waals surface area (Å²) in [7, 11) is 0. The smallest absolute Gasteiger partial charge is 0.286 e. The van der Waals surface area contributed by atoms with Crippen LogP contribution in [0.5, 0.6) is 5.75 Å². The van der Waals surface area contributed by atoms with Crippen LogP contribution in [0.25, 0.3) is 0 Å². The average Bonchev–Trinajstić information content (AvgIpc) is 3.48. The van der Waals surface area contributed by atoms with Crippen LogP contribution in [0, 0.1) is 6.92 Å². The maximum Gasteiger partial charge on any atom is 0.286 e. The van der Waals surface area contributed by atoms with Gasteiger partial charge in [-0.15, -0.1) is 10.2 Å². The molecule has 2 amide bonds. The van der Waals surface area contributed by atoms with Crippen molar-refractivity contribution in [1.82, 2.24) is 15.5 Å². The molecule has 0 atom stereocenters. The summed E-state index contributed by atoms with van der Waals surface area (Å²) in [4.78, 5) is 24.9. The normalized spacial score (nSPS) is 10.5. The van der Waals surface area contributed by atoms with Crippen LogP contribution in [0.4, 0.5) is 5.69 Å². The Labute approximate surface area is 188 Å². The monoisotopic (exact) mass is 448 g/mol. The van der Waals surface area contributed by atoms with Gasteiger partial charge in [-0.3, -0.25) is 9.59 Å². The van der Waals surface area contributed by atoms with Crippen molar-refractivity contribution in [3.8, 4) is 5.75 Å². The minimum atomic E-state index is -0.405. The molecule has 0 fully saturated rings. The molecule has 8 nitrogen and oxygen atoms in total. The predicted octanol–water partition coefficient (Wildman–Crippen LogP) is 4.20. The zero-order valence-corrected chi connectivity index (χ0v) is 18.0. The molecule has 0 aliphatic heterocycles. The van der Waals surface area contributed by atoms with Crippen LogP contribution in [-0.2, 0) is 13.2 Å². The molecule has 2 heterocycles. The minimum Gasteiger partial charge on any atom is -0.486 e. The number of nitrogens with one attached hydrogen (secondary N) is 2. The van der Waals surface area contributed by atoms with Gasteiger partial charge in [0.25, 0.3) is 11.8 Å². The van der Waals surface area contributed by atoms with Gasteiger partial charge in [-0.2, -0.15) is 0 Å². The van der Waals surface area contributed by atoms with Crippen molar-refractivity contribution in [2.45, 2.75) is 20.1 Å². The molecule has 2 aromatic carbocycles. The first-order chi connectivity index (χ1) is 15.6. The van der Waals surface area contributed by atoms with Crippen LogP contribution >= 0.6 is 11.3 Å². The molecule has 0 spiro atoms. The van der Waals surface area contributed by atoms with Gasteiger partial charge in [0.15, 0.2) is 5.01 Å². The van der Waals surface area contributed by atoms with Gasteiger partial charge >= 0.3 is 0 Å². The molecule has 0 unspecified atom stereocenters. The topological polar surface area (TPSA) is 106 Å². The Morgan fingerprint density at radius 1 is 1.03 bits per heavy atom. The molecule has 0 aliphatic carbocycles. The van der Waals surface area contributed by atoms with Crippen molar-refractivity contribution >= 4 is 28.8 Å².